The summed E-state index contributed by atoms with van der Waals surface area (Å²) < 4.78 is 1.81. The molecule has 1 aromatic heterocycles. The Bertz CT molecular complexity index is 221. The van der Waals surface area contributed by atoms with Gasteiger partial charge in [0.25, 0.3) is 0 Å². The van der Waals surface area contributed by atoms with Crippen molar-refractivity contribution in [1.29, 1.82) is 0 Å². The molecule has 0 bridgehead atoms. The summed E-state index contributed by atoms with van der Waals surface area (Å²) in [5, 5.41) is 4.71. The standard InChI is InChI=1S/C7H12ClN3/c1-6(2-9)4-11-5-7(8)3-10-11/h3,5-6H,2,4,9H2,1H3/t6-/m0/s1. The SMILES string of the molecule is C[C@@H](CN)Cn1cc(Cl)cn1. The Hall–Kier alpha value is -0.540. The van der Waals surface area contributed by atoms with E-state index in [1.54, 1.807) is 17.1 Å². The molecule has 0 aliphatic rings. The van der Waals surface area contributed by atoms with Crippen molar-refractivity contribution in [3.05, 3.63) is 17.4 Å². The van der Waals surface area contributed by atoms with Crippen molar-refractivity contribution in [2.75, 3.05) is 6.54 Å². The van der Waals surface area contributed by atoms with Crippen molar-refractivity contribution < 1.29 is 0 Å². The van der Waals surface area contributed by atoms with Crippen molar-refractivity contribution in [3.8, 4) is 0 Å². The zero-order valence-corrected chi connectivity index (χ0v) is 7.25. The molecule has 0 saturated carbocycles. The van der Waals surface area contributed by atoms with Crippen LogP contribution in [0.4, 0.5) is 0 Å². The second-order valence-electron chi connectivity index (χ2n) is 2.72. The molecule has 1 rings (SSSR count). The van der Waals surface area contributed by atoms with Crippen molar-refractivity contribution in [1.82, 2.24) is 9.78 Å². The number of rotatable bonds is 3. The monoisotopic (exact) mass is 173 g/mol. The Balaban J connectivity index is 2.50. The smallest absolute Gasteiger partial charge is 0.0785 e. The lowest BCUT2D eigenvalue weighted by Gasteiger charge is -2.06. The van der Waals surface area contributed by atoms with Gasteiger partial charge in [0.15, 0.2) is 0 Å². The van der Waals surface area contributed by atoms with Crippen LogP contribution in [-0.2, 0) is 6.54 Å². The van der Waals surface area contributed by atoms with Crippen molar-refractivity contribution in [2.45, 2.75) is 13.5 Å². The fourth-order valence-corrected chi connectivity index (χ4v) is 0.988. The maximum atomic E-state index is 5.67. The first-order chi connectivity index (χ1) is 5.22. The number of hydrogen-bond acceptors (Lipinski definition) is 2. The highest BCUT2D eigenvalue weighted by atomic mass is 35.5. The third kappa shape index (κ3) is 2.52. The Labute approximate surface area is 71.1 Å². The van der Waals surface area contributed by atoms with Gasteiger partial charge in [0.05, 0.1) is 11.2 Å². The summed E-state index contributed by atoms with van der Waals surface area (Å²) >= 11 is 5.67. The van der Waals surface area contributed by atoms with Crippen molar-refractivity contribution in [2.24, 2.45) is 11.7 Å². The highest BCUT2D eigenvalue weighted by Crippen LogP contribution is 2.06. The van der Waals surface area contributed by atoms with Gasteiger partial charge >= 0.3 is 0 Å². The van der Waals surface area contributed by atoms with Crippen LogP contribution in [0.15, 0.2) is 12.4 Å². The van der Waals surface area contributed by atoms with Crippen LogP contribution in [0.5, 0.6) is 0 Å². The third-order valence-electron chi connectivity index (χ3n) is 1.50. The number of halogens is 1. The molecule has 2 N–H and O–H groups in total. The normalized spacial score (nSPS) is 13.4. The Kier molecular flexibility index (Phi) is 2.91. The molecule has 0 unspecified atom stereocenters. The lowest BCUT2D eigenvalue weighted by molar-refractivity contribution is 0.458. The molecule has 0 amide bonds. The Morgan fingerprint density at radius 3 is 3.00 bits per heavy atom. The lowest BCUT2D eigenvalue weighted by Crippen LogP contribution is -2.17. The first kappa shape index (κ1) is 8.56. The zero-order valence-electron chi connectivity index (χ0n) is 6.50. The molecule has 11 heavy (non-hydrogen) atoms. The van der Waals surface area contributed by atoms with Gasteiger partial charge in [-0.25, -0.2) is 0 Å². The van der Waals surface area contributed by atoms with Gasteiger partial charge in [0.2, 0.25) is 0 Å². The predicted molar refractivity (Wildman–Crippen MR) is 45.5 cm³/mol. The van der Waals surface area contributed by atoms with Crippen LogP contribution in [0.1, 0.15) is 6.92 Å². The summed E-state index contributed by atoms with van der Waals surface area (Å²) in [5.41, 5.74) is 5.45. The minimum Gasteiger partial charge on any atom is -0.330 e. The fraction of sp³-hybridized carbons (Fsp3) is 0.571. The summed E-state index contributed by atoms with van der Waals surface area (Å²) in [4.78, 5) is 0. The van der Waals surface area contributed by atoms with Crippen LogP contribution < -0.4 is 5.73 Å². The van der Waals surface area contributed by atoms with Crippen LogP contribution in [0.3, 0.4) is 0 Å². The van der Waals surface area contributed by atoms with Gasteiger partial charge in [-0.15, -0.1) is 0 Å². The zero-order chi connectivity index (χ0) is 8.27. The summed E-state index contributed by atoms with van der Waals surface area (Å²) in [6.07, 6.45) is 3.43. The predicted octanol–water partition coefficient (Wildman–Crippen LogP) is 1.13. The van der Waals surface area contributed by atoms with Crippen LogP contribution >= 0.6 is 11.6 Å². The lowest BCUT2D eigenvalue weighted by atomic mass is 10.2. The average Bonchev–Trinajstić information content (AvgIpc) is 2.35. The van der Waals surface area contributed by atoms with E-state index in [-0.39, 0.29) is 0 Å². The molecular weight excluding hydrogens is 162 g/mol. The van der Waals surface area contributed by atoms with Gasteiger partial charge in [0.1, 0.15) is 0 Å². The molecule has 0 saturated heterocycles. The summed E-state index contributed by atoms with van der Waals surface area (Å²) in [7, 11) is 0. The quantitative estimate of drug-likeness (QED) is 0.745. The molecule has 0 aliphatic carbocycles. The van der Waals surface area contributed by atoms with Gasteiger partial charge in [-0.3, -0.25) is 4.68 Å². The van der Waals surface area contributed by atoms with E-state index in [1.165, 1.54) is 0 Å². The van der Waals surface area contributed by atoms with E-state index in [9.17, 15) is 0 Å². The number of hydrogen-bond donors (Lipinski definition) is 1. The summed E-state index contributed by atoms with van der Waals surface area (Å²) in [6, 6.07) is 0. The van der Waals surface area contributed by atoms with E-state index in [0.29, 0.717) is 17.5 Å². The average molecular weight is 174 g/mol. The van der Waals surface area contributed by atoms with Crippen LogP contribution in [0.2, 0.25) is 5.02 Å². The number of nitrogens with two attached hydrogens (primary N) is 1. The number of aromatic nitrogens is 2. The molecular formula is C7H12ClN3. The summed E-state index contributed by atoms with van der Waals surface area (Å²) in [6.45, 7) is 3.59. The third-order valence-corrected chi connectivity index (χ3v) is 1.70. The van der Waals surface area contributed by atoms with Gasteiger partial charge in [-0.05, 0) is 12.5 Å². The van der Waals surface area contributed by atoms with Crippen molar-refractivity contribution in [3.63, 3.8) is 0 Å². The molecule has 0 fully saturated rings. The van der Waals surface area contributed by atoms with Gasteiger partial charge in [-0.2, -0.15) is 5.10 Å². The van der Waals surface area contributed by atoms with E-state index < -0.39 is 0 Å². The van der Waals surface area contributed by atoms with E-state index >= 15 is 0 Å². The molecule has 1 aromatic rings. The van der Waals surface area contributed by atoms with E-state index in [4.69, 9.17) is 17.3 Å². The Morgan fingerprint density at radius 2 is 2.55 bits per heavy atom. The van der Waals surface area contributed by atoms with E-state index in [2.05, 4.69) is 12.0 Å². The van der Waals surface area contributed by atoms with Crippen molar-refractivity contribution >= 4 is 11.6 Å². The topological polar surface area (TPSA) is 43.8 Å². The van der Waals surface area contributed by atoms with Gasteiger partial charge in [0, 0.05) is 12.7 Å². The molecule has 1 heterocycles. The maximum absolute atomic E-state index is 5.67. The first-order valence-electron chi connectivity index (χ1n) is 3.60. The molecule has 4 heteroatoms. The van der Waals surface area contributed by atoms with E-state index in [0.717, 1.165) is 6.54 Å². The van der Waals surface area contributed by atoms with Gasteiger partial charge < -0.3 is 5.73 Å². The largest absolute Gasteiger partial charge is 0.330 e. The van der Waals surface area contributed by atoms with Crippen LogP contribution in [0.25, 0.3) is 0 Å². The second kappa shape index (κ2) is 3.74. The molecule has 3 nitrogen and oxygen atoms in total. The highest BCUT2D eigenvalue weighted by molar-refractivity contribution is 6.30. The minimum atomic E-state index is 0.450. The molecule has 0 aliphatic heterocycles. The molecule has 1 atom stereocenters. The van der Waals surface area contributed by atoms with Crippen LogP contribution in [-0.4, -0.2) is 16.3 Å². The van der Waals surface area contributed by atoms with E-state index in [1.807, 2.05) is 0 Å². The minimum absolute atomic E-state index is 0.450. The second-order valence-corrected chi connectivity index (χ2v) is 3.16. The Morgan fingerprint density at radius 1 is 1.82 bits per heavy atom. The molecule has 62 valence electrons. The molecule has 0 spiro atoms. The highest BCUT2D eigenvalue weighted by Gasteiger charge is 2.00. The summed E-state index contributed by atoms with van der Waals surface area (Å²) in [5.74, 6) is 0.450. The fourth-order valence-electron chi connectivity index (χ4n) is 0.832. The maximum Gasteiger partial charge on any atom is 0.0785 e. The van der Waals surface area contributed by atoms with Crippen LogP contribution in [0, 0.1) is 5.92 Å². The molecule has 0 radical (unpaired) electrons. The molecule has 0 aromatic carbocycles. The number of nitrogens with zero attached hydrogens (tertiary/aromatic N) is 2. The van der Waals surface area contributed by atoms with Gasteiger partial charge in [-0.1, -0.05) is 18.5 Å². The first-order valence-corrected chi connectivity index (χ1v) is 3.98.